The van der Waals surface area contributed by atoms with Crippen molar-refractivity contribution in [2.75, 3.05) is 26.1 Å². The molecule has 0 bridgehead atoms. The predicted molar refractivity (Wildman–Crippen MR) is 85.3 cm³/mol. The minimum Gasteiger partial charge on any atom is -0.493 e. The first kappa shape index (κ1) is 17.6. The normalized spacial score (nSPS) is 20.5. The molecule has 118 valence electrons. The fourth-order valence-corrected chi connectivity index (χ4v) is 2.81. The van der Waals surface area contributed by atoms with Crippen LogP contribution in [0.25, 0.3) is 0 Å². The van der Waals surface area contributed by atoms with E-state index in [1.165, 1.54) is 0 Å². The van der Waals surface area contributed by atoms with Crippen molar-refractivity contribution in [3.05, 3.63) is 18.2 Å². The van der Waals surface area contributed by atoms with E-state index in [2.05, 4.69) is 5.32 Å². The highest BCUT2D eigenvalue weighted by Crippen LogP contribution is 2.33. The second-order valence-electron chi connectivity index (χ2n) is 5.09. The van der Waals surface area contributed by atoms with Gasteiger partial charge in [-0.25, -0.2) is 0 Å². The fraction of sp³-hybridized carbons (Fsp3) is 0.533. The van der Waals surface area contributed by atoms with Gasteiger partial charge in [-0.2, -0.15) is 0 Å². The molecule has 0 aliphatic heterocycles. The van der Waals surface area contributed by atoms with E-state index in [0.29, 0.717) is 24.0 Å². The highest BCUT2D eigenvalue weighted by molar-refractivity contribution is 5.93. The quantitative estimate of drug-likeness (QED) is 0.875. The van der Waals surface area contributed by atoms with Crippen LogP contribution in [0.5, 0.6) is 11.5 Å². The average molecular weight is 315 g/mol. The van der Waals surface area contributed by atoms with Gasteiger partial charge in [0, 0.05) is 17.7 Å². The Bertz CT molecular complexity index is 482. The van der Waals surface area contributed by atoms with Crippen molar-refractivity contribution in [2.45, 2.75) is 19.3 Å². The van der Waals surface area contributed by atoms with Crippen LogP contribution in [0, 0.1) is 11.8 Å². The number of anilines is 1. The predicted octanol–water partition coefficient (Wildman–Crippen LogP) is 2.44. The molecule has 1 fully saturated rings. The van der Waals surface area contributed by atoms with Gasteiger partial charge in [0.05, 0.1) is 14.2 Å². The van der Waals surface area contributed by atoms with E-state index >= 15 is 0 Å². The number of carbonyl (C=O) groups excluding carboxylic acids is 1. The van der Waals surface area contributed by atoms with Crippen LogP contribution in [-0.2, 0) is 4.79 Å². The monoisotopic (exact) mass is 314 g/mol. The maximum absolute atomic E-state index is 12.3. The van der Waals surface area contributed by atoms with Crippen molar-refractivity contribution in [3.8, 4) is 11.5 Å². The van der Waals surface area contributed by atoms with Crippen molar-refractivity contribution >= 4 is 24.0 Å². The third-order valence-electron chi connectivity index (χ3n) is 3.95. The number of hydrogen-bond acceptors (Lipinski definition) is 4. The van der Waals surface area contributed by atoms with Crippen LogP contribution >= 0.6 is 12.4 Å². The molecule has 2 atom stereocenters. The van der Waals surface area contributed by atoms with E-state index in [4.69, 9.17) is 15.2 Å². The third kappa shape index (κ3) is 4.02. The van der Waals surface area contributed by atoms with Crippen LogP contribution in [0.2, 0.25) is 0 Å². The lowest BCUT2D eigenvalue weighted by atomic mass is 9.95. The molecule has 1 aromatic rings. The number of amides is 1. The minimum atomic E-state index is 0. The Morgan fingerprint density at radius 3 is 2.62 bits per heavy atom. The van der Waals surface area contributed by atoms with Crippen molar-refractivity contribution in [3.63, 3.8) is 0 Å². The summed E-state index contributed by atoms with van der Waals surface area (Å²) in [5.74, 6) is 1.62. The lowest BCUT2D eigenvalue weighted by Gasteiger charge is -2.18. The van der Waals surface area contributed by atoms with Crippen molar-refractivity contribution in [2.24, 2.45) is 17.6 Å². The summed E-state index contributed by atoms with van der Waals surface area (Å²) < 4.78 is 10.4. The first-order chi connectivity index (χ1) is 9.69. The Balaban J connectivity index is 0.00000220. The Hall–Kier alpha value is -1.46. The van der Waals surface area contributed by atoms with Gasteiger partial charge in [0.25, 0.3) is 0 Å². The molecule has 0 radical (unpaired) electrons. The molecule has 0 heterocycles. The molecule has 0 unspecified atom stereocenters. The molecule has 1 aliphatic carbocycles. The van der Waals surface area contributed by atoms with Crippen LogP contribution in [0.3, 0.4) is 0 Å². The zero-order valence-electron chi connectivity index (χ0n) is 12.4. The van der Waals surface area contributed by atoms with Gasteiger partial charge in [0.15, 0.2) is 11.5 Å². The van der Waals surface area contributed by atoms with Crippen molar-refractivity contribution in [1.82, 2.24) is 0 Å². The van der Waals surface area contributed by atoms with Crippen LogP contribution in [-0.4, -0.2) is 26.7 Å². The van der Waals surface area contributed by atoms with E-state index < -0.39 is 0 Å². The highest BCUT2D eigenvalue weighted by atomic mass is 35.5. The molecule has 1 aromatic carbocycles. The van der Waals surface area contributed by atoms with E-state index in [-0.39, 0.29) is 24.2 Å². The number of carbonyl (C=O) groups is 1. The summed E-state index contributed by atoms with van der Waals surface area (Å²) in [4.78, 5) is 12.3. The summed E-state index contributed by atoms with van der Waals surface area (Å²) in [5, 5.41) is 2.94. The van der Waals surface area contributed by atoms with Crippen molar-refractivity contribution < 1.29 is 14.3 Å². The molecule has 2 rings (SSSR count). The largest absolute Gasteiger partial charge is 0.493 e. The molecule has 5 nitrogen and oxygen atoms in total. The maximum atomic E-state index is 12.3. The Kier molecular flexibility index (Phi) is 6.78. The van der Waals surface area contributed by atoms with Crippen LogP contribution < -0.4 is 20.5 Å². The number of benzene rings is 1. The summed E-state index contributed by atoms with van der Waals surface area (Å²) in [5.41, 5.74) is 6.44. The van der Waals surface area contributed by atoms with Crippen LogP contribution in [0.1, 0.15) is 19.3 Å². The molecule has 0 saturated heterocycles. The zero-order chi connectivity index (χ0) is 14.5. The third-order valence-corrected chi connectivity index (χ3v) is 3.95. The van der Waals surface area contributed by atoms with Gasteiger partial charge in [0.1, 0.15) is 0 Å². The van der Waals surface area contributed by atoms with E-state index in [0.717, 1.165) is 24.9 Å². The number of ether oxygens (including phenoxy) is 2. The Morgan fingerprint density at radius 2 is 2.00 bits per heavy atom. The van der Waals surface area contributed by atoms with Gasteiger partial charge in [0.2, 0.25) is 5.91 Å². The molecule has 6 heteroatoms. The van der Waals surface area contributed by atoms with Gasteiger partial charge in [-0.3, -0.25) is 4.79 Å². The number of methoxy groups -OCH3 is 2. The van der Waals surface area contributed by atoms with Gasteiger partial charge in [-0.05, 0) is 37.4 Å². The van der Waals surface area contributed by atoms with E-state index in [1.54, 1.807) is 26.4 Å². The first-order valence-corrected chi connectivity index (χ1v) is 6.92. The summed E-state index contributed by atoms with van der Waals surface area (Å²) in [6, 6.07) is 5.36. The molecule has 1 aliphatic rings. The lowest BCUT2D eigenvalue weighted by Crippen LogP contribution is -2.29. The van der Waals surface area contributed by atoms with E-state index in [1.807, 2.05) is 6.07 Å². The summed E-state index contributed by atoms with van der Waals surface area (Å²) in [6.45, 7) is 0.573. The van der Waals surface area contributed by atoms with Crippen LogP contribution in [0.4, 0.5) is 5.69 Å². The summed E-state index contributed by atoms with van der Waals surface area (Å²) in [7, 11) is 3.16. The van der Waals surface area contributed by atoms with Gasteiger partial charge in [-0.1, -0.05) is 6.42 Å². The average Bonchev–Trinajstić information content (AvgIpc) is 2.95. The number of nitrogens with one attached hydrogen (secondary N) is 1. The molecular formula is C15H23ClN2O3. The number of rotatable bonds is 5. The first-order valence-electron chi connectivity index (χ1n) is 6.92. The standard InChI is InChI=1S/C15H22N2O3.ClH/c1-19-13-7-6-11(8-14(13)20-2)17-15(18)12-5-3-4-10(12)9-16;/h6-8,10,12H,3-5,9,16H2,1-2H3,(H,17,18);1H/t10-,12-;/m1./s1. The molecular weight excluding hydrogens is 292 g/mol. The maximum Gasteiger partial charge on any atom is 0.227 e. The molecule has 1 saturated carbocycles. The van der Waals surface area contributed by atoms with Gasteiger partial charge in [-0.15, -0.1) is 12.4 Å². The van der Waals surface area contributed by atoms with E-state index in [9.17, 15) is 4.79 Å². The summed E-state index contributed by atoms with van der Waals surface area (Å²) >= 11 is 0. The molecule has 3 N–H and O–H groups in total. The highest BCUT2D eigenvalue weighted by Gasteiger charge is 2.31. The molecule has 21 heavy (non-hydrogen) atoms. The number of hydrogen-bond donors (Lipinski definition) is 2. The Morgan fingerprint density at radius 1 is 1.29 bits per heavy atom. The zero-order valence-corrected chi connectivity index (χ0v) is 13.2. The second-order valence-corrected chi connectivity index (χ2v) is 5.09. The number of halogens is 1. The van der Waals surface area contributed by atoms with Gasteiger partial charge < -0.3 is 20.5 Å². The van der Waals surface area contributed by atoms with Gasteiger partial charge >= 0.3 is 0 Å². The molecule has 1 amide bonds. The second kappa shape index (κ2) is 8.10. The SMILES string of the molecule is COc1ccc(NC(=O)[C@@H]2CCC[C@@H]2CN)cc1OC.Cl. The minimum absolute atomic E-state index is 0. The fourth-order valence-electron chi connectivity index (χ4n) is 2.81. The molecule has 0 spiro atoms. The summed E-state index contributed by atoms with van der Waals surface area (Å²) in [6.07, 6.45) is 3.04. The Labute approximate surface area is 131 Å². The smallest absolute Gasteiger partial charge is 0.227 e. The lowest BCUT2D eigenvalue weighted by molar-refractivity contribution is -0.120. The van der Waals surface area contributed by atoms with Crippen molar-refractivity contribution in [1.29, 1.82) is 0 Å². The molecule has 0 aromatic heterocycles. The number of nitrogens with two attached hydrogens (primary N) is 1. The van der Waals surface area contributed by atoms with Crippen LogP contribution in [0.15, 0.2) is 18.2 Å². The topological polar surface area (TPSA) is 73.6 Å².